The molecule has 2 aromatic rings. The molecule has 134 valence electrons. The Morgan fingerprint density at radius 1 is 1.08 bits per heavy atom. The van der Waals surface area contributed by atoms with Crippen LogP contribution in [0.25, 0.3) is 0 Å². The molecular formula is C18H20ClNO4S. The van der Waals surface area contributed by atoms with Crippen LogP contribution in [0.1, 0.15) is 22.3 Å². The van der Waals surface area contributed by atoms with Crippen LogP contribution in [0.4, 0.5) is 0 Å². The Kier molecular flexibility index (Phi) is 5.87. The molecule has 0 unspecified atom stereocenters. The van der Waals surface area contributed by atoms with Gasteiger partial charge in [0.2, 0.25) is 10.0 Å². The third-order valence-electron chi connectivity index (χ3n) is 3.79. The fourth-order valence-electron chi connectivity index (χ4n) is 2.87. The number of carboxylic acids is 1. The van der Waals surface area contributed by atoms with Gasteiger partial charge in [0.15, 0.2) is 0 Å². The van der Waals surface area contributed by atoms with Crippen molar-refractivity contribution in [1.82, 2.24) is 4.31 Å². The highest BCUT2D eigenvalue weighted by Crippen LogP contribution is 2.26. The van der Waals surface area contributed by atoms with Crippen molar-refractivity contribution in [1.29, 1.82) is 0 Å². The van der Waals surface area contributed by atoms with E-state index in [-0.39, 0.29) is 11.4 Å². The van der Waals surface area contributed by atoms with Crippen LogP contribution < -0.4 is 0 Å². The molecule has 7 heteroatoms. The second kappa shape index (κ2) is 7.56. The van der Waals surface area contributed by atoms with Gasteiger partial charge in [0.25, 0.3) is 0 Å². The Morgan fingerprint density at radius 2 is 1.60 bits per heavy atom. The predicted octanol–water partition coefficient (Wildman–Crippen LogP) is 3.54. The Labute approximate surface area is 152 Å². The van der Waals surface area contributed by atoms with Crippen LogP contribution in [0.15, 0.2) is 41.3 Å². The topological polar surface area (TPSA) is 74.7 Å². The number of hydrogen-bond acceptors (Lipinski definition) is 3. The maximum atomic E-state index is 13.1. The van der Waals surface area contributed by atoms with Gasteiger partial charge in [0.05, 0.1) is 4.90 Å². The summed E-state index contributed by atoms with van der Waals surface area (Å²) in [7, 11) is -3.96. The minimum Gasteiger partial charge on any atom is -0.480 e. The fraction of sp³-hybridized carbons (Fsp3) is 0.278. The van der Waals surface area contributed by atoms with Crippen LogP contribution in [0, 0.1) is 20.8 Å². The lowest BCUT2D eigenvalue weighted by molar-refractivity contribution is -0.137. The number of benzene rings is 2. The molecule has 2 aromatic carbocycles. The maximum Gasteiger partial charge on any atom is 0.318 e. The van der Waals surface area contributed by atoms with Crippen molar-refractivity contribution in [3.8, 4) is 0 Å². The van der Waals surface area contributed by atoms with E-state index < -0.39 is 22.5 Å². The Bertz CT molecular complexity index is 869. The molecule has 25 heavy (non-hydrogen) atoms. The zero-order valence-corrected chi connectivity index (χ0v) is 15.9. The molecule has 0 aliphatic carbocycles. The highest BCUT2D eigenvalue weighted by atomic mass is 35.5. The van der Waals surface area contributed by atoms with E-state index in [1.807, 2.05) is 6.92 Å². The number of carboxylic acid groups (broad SMARTS) is 1. The van der Waals surface area contributed by atoms with Crippen LogP contribution in [-0.4, -0.2) is 30.3 Å². The second-order valence-corrected chi connectivity index (χ2v) is 8.33. The summed E-state index contributed by atoms with van der Waals surface area (Å²) < 4.78 is 27.2. The summed E-state index contributed by atoms with van der Waals surface area (Å²) in [5.74, 6) is -1.21. The number of sulfonamides is 1. The van der Waals surface area contributed by atoms with E-state index in [0.717, 1.165) is 9.87 Å². The molecule has 1 N–H and O–H groups in total. The van der Waals surface area contributed by atoms with Gasteiger partial charge in [-0.1, -0.05) is 41.4 Å². The lowest BCUT2D eigenvalue weighted by atomic mass is 10.1. The normalized spacial score (nSPS) is 11.7. The number of rotatable bonds is 6. The molecule has 0 bridgehead atoms. The first-order valence-corrected chi connectivity index (χ1v) is 9.47. The van der Waals surface area contributed by atoms with Crippen molar-refractivity contribution in [3.63, 3.8) is 0 Å². The minimum atomic E-state index is -3.96. The summed E-state index contributed by atoms with van der Waals surface area (Å²) in [6.07, 6.45) is 0. The third-order valence-corrected chi connectivity index (χ3v) is 6.14. The van der Waals surface area contributed by atoms with E-state index in [2.05, 4.69) is 0 Å². The number of hydrogen-bond donors (Lipinski definition) is 1. The first-order chi connectivity index (χ1) is 11.6. The molecule has 0 aliphatic heterocycles. The largest absolute Gasteiger partial charge is 0.480 e. The number of halogens is 1. The smallest absolute Gasteiger partial charge is 0.318 e. The van der Waals surface area contributed by atoms with Gasteiger partial charge in [0, 0.05) is 11.6 Å². The lowest BCUT2D eigenvalue weighted by Crippen LogP contribution is -2.36. The summed E-state index contributed by atoms with van der Waals surface area (Å²) in [5, 5.41) is 9.70. The van der Waals surface area contributed by atoms with E-state index >= 15 is 0 Å². The molecule has 0 spiro atoms. The summed E-state index contributed by atoms with van der Waals surface area (Å²) in [6, 6.07) is 10.2. The first kappa shape index (κ1) is 19.4. The zero-order valence-electron chi connectivity index (χ0n) is 14.3. The van der Waals surface area contributed by atoms with Crippen molar-refractivity contribution < 1.29 is 18.3 Å². The van der Waals surface area contributed by atoms with Crippen LogP contribution >= 0.6 is 11.6 Å². The van der Waals surface area contributed by atoms with Gasteiger partial charge in [0.1, 0.15) is 6.54 Å². The van der Waals surface area contributed by atoms with Crippen molar-refractivity contribution in [2.24, 2.45) is 0 Å². The highest BCUT2D eigenvalue weighted by molar-refractivity contribution is 7.89. The summed E-state index contributed by atoms with van der Waals surface area (Å²) in [4.78, 5) is 11.4. The van der Waals surface area contributed by atoms with Gasteiger partial charge in [-0.25, -0.2) is 8.42 Å². The van der Waals surface area contributed by atoms with Gasteiger partial charge in [-0.3, -0.25) is 4.79 Å². The zero-order chi connectivity index (χ0) is 18.8. The molecular weight excluding hydrogens is 362 g/mol. The SMILES string of the molecule is Cc1cc(C)c(S(=O)(=O)N(CC(=O)O)Cc2ccc(Cl)cc2)c(C)c1. The molecule has 0 aromatic heterocycles. The van der Waals surface area contributed by atoms with Crippen LogP contribution in [0.2, 0.25) is 5.02 Å². The van der Waals surface area contributed by atoms with Gasteiger partial charge in [-0.15, -0.1) is 0 Å². The molecule has 0 saturated heterocycles. The van der Waals surface area contributed by atoms with Gasteiger partial charge < -0.3 is 5.11 Å². The molecule has 0 amide bonds. The molecule has 0 radical (unpaired) electrons. The van der Waals surface area contributed by atoms with Crippen LogP contribution in [-0.2, 0) is 21.4 Å². The molecule has 2 rings (SSSR count). The van der Waals surface area contributed by atoms with Crippen LogP contribution in [0.5, 0.6) is 0 Å². The third kappa shape index (κ3) is 4.60. The summed E-state index contributed by atoms with van der Waals surface area (Å²) in [6.45, 7) is 4.66. The molecule has 0 aliphatic rings. The van der Waals surface area contributed by atoms with E-state index in [1.54, 1.807) is 50.2 Å². The number of aliphatic carboxylic acids is 1. The average Bonchev–Trinajstić information content (AvgIpc) is 2.47. The fourth-order valence-corrected chi connectivity index (χ4v) is 4.79. The number of aryl methyl sites for hydroxylation is 3. The first-order valence-electron chi connectivity index (χ1n) is 7.65. The standard InChI is InChI=1S/C18H20ClNO4S/c1-12-8-13(2)18(14(3)9-12)25(23,24)20(11-17(21)22)10-15-4-6-16(19)7-5-15/h4-9H,10-11H2,1-3H3,(H,21,22). The quantitative estimate of drug-likeness (QED) is 0.830. The number of nitrogens with zero attached hydrogens (tertiary/aromatic N) is 1. The minimum absolute atomic E-state index is 0.0431. The highest BCUT2D eigenvalue weighted by Gasteiger charge is 2.29. The van der Waals surface area contributed by atoms with Gasteiger partial charge >= 0.3 is 5.97 Å². The van der Waals surface area contributed by atoms with Crippen molar-refractivity contribution in [2.75, 3.05) is 6.54 Å². The Hall–Kier alpha value is -1.89. The summed E-state index contributed by atoms with van der Waals surface area (Å²) >= 11 is 5.85. The van der Waals surface area contributed by atoms with Crippen molar-refractivity contribution in [3.05, 3.63) is 63.7 Å². The number of carbonyl (C=O) groups is 1. The lowest BCUT2D eigenvalue weighted by Gasteiger charge is -2.23. The summed E-state index contributed by atoms with van der Waals surface area (Å²) in [5.41, 5.74) is 2.82. The van der Waals surface area contributed by atoms with E-state index in [1.165, 1.54) is 0 Å². The van der Waals surface area contributed by atoms with Gasteiger partial charge in [-0.2, -0.15) is 4.31 Å². The molecule has 0 atom stereocenters. The van der Waals surface area contributed by atoms with Crippen molar-refractivity contribution >= 4 is 27.6 Å². The van der Waals surface area contributed by atoms with Gasteiger partial charge in [-0.05, 0) is 49.6 Å². The average molecular weight is 382 g/mol. The molecule has 0 heterocycles. The predicted molar refractivity (Wildman–Crippen MR) is 97.3 cm³/mol. The second-order valence-electron chi connectivity index (χ2n) is 6.02. The van der Waals surface area contributed by atoms with E-state index in [9.17, 15) is 18.3 Å². The molecule has 0 fully saturated rings. The van der Waals surface area contributed by atoms with Crippen molar-refractivity contribution in [2.45, 2.75) is 32.2 Å². The monoisotopic (exact) mass is 381 g/mol. The Morgan fingerprint density at radius 3 is 2.08 bits per heavy atom. The van der Waals surface area contributed by atoms with E-state index in [0.29, 0.717) is 21.7 Å². The maximum absolute atomic E-state index is 13.1. The molecule has 5 nitrogen and oxygen atoms in total. The Balaban J connectivity index is 2.49. The molecule has 0 saturated carbocycles. The van der Waals surface area contributed by atoms with Crippen LogP contribution in [0.3, 0.4) is 0 Å². The van der Waals surface area contributed by atoms with E-state index in [4.69, 9.17) is 11.6 Å².